The Morgan fingerprint density at radius 2 is 1.91 bits per heavy atom. The molecule has 0 aliphatic heterocycles. The first-order valence-electron chi connectivity index (χ1n) is 7.65. The Kier molecular flexibility index (Phi) is 6.29. The van der Waals surface area contributed by atoms with E-state index in [0.717, 1.165) is 11.1 Å². The number of hydrogen-bond donors (Lipinski definition) is 2. The lowest BCUT2D eigenvalue weighted by Crippen LogP contribution is -2.30. The second-order valence-corrected chi connectivity index (χ2v) is 5.37. The lowest BCUT2D eigenvalue weighted by molar-refractivity contribution is -0.120. The van der Waals surface area contributed by atoms with E-state index in [1.807, 2.05) is 31.2 Å². The van der Waals surface area contributed by atoms with Crippen LogP contribution in [0.25, 0.3) is 0 Å². The number of benzene rings is 1. The second kappa shape index (κ2) is 8.68. The molecule has 2 aromatic rings. The van der Waals surface area contributed by atoms with Gasteiger partial charge in [-0.05, 0) is 31.0 Å². The zero-order valence-corrected chi connectivity index (χ0v) is 13.2. The van der Waals surface area contributed by atoms with Crippen LogP contribution in [-0.4, -0.2) is 29.9 Å². The van der Waals surface area contributed by atoms with Crippen molar-refractivity contribution in [3.8, 4) is 0 Å². The number of hydrogen-bond acceptors (Lipinski definition) is 3. The van der Waals surface area contributed by atoms with Gasteiger partial charge in [-0.1, -0.05) is 29.8 Å². The Labute approximate surface area is 136 Å². The molecule has 0 radical (unpaired) electrons. The van der Waals surface area contributed by atoms with Crippen molar-refractivity contribution in [2.24, 2.45) is 0 Å². The van der Waals surface area contributed by atoms with Gasteiger partial charge < -0.3 is 10.6 Å². The Hall–Kier alpha value is -2.69. The minimum atomic E-state index is -0.149. The molecule has 2 amide bonds. The summed E-state index contributed by atoms with van der Waals surface area (Å²) in [4.78, 5) is 27.5. The molecule has 120 valence electrons. The van der Waals surface area contributed by atoms with Gasteiger partial charge in [0.25, 0.3) is 5.91 Å². The van der Waals surface area contributed by atoms with Crippen LogP contribution in [0.15, 0.2) is 48.8 Å². The predicted octanol–water partition coefficient (Wildman–Crippen LogP) is 1.87. The molecule has 23 heavy (non-hydrogen) atoms. The predicted molar refractivity (Wildman–Crippen MR) is 89.1 cm³/mol. The lowest BCUT2D eigenvalue weighted by atomic mass is 10.1. The maximum atomic E-state index is 11.8. The van der Waals surface area contributed by atoms with E-state index in [1.165, 1.54) is 6.20 Å². The van der Waals surface area contributed by atoms with Gasteiger partial charge >= 0.3 is 0 Å². The van der Waals surface area contributed by atoms with Crippen LogP contribution < -0.4 is 10.6 Å². The number of carbonyl (C=O) groups excluding carboxylic acids is 2. The van der Waals surface area contributed by atoms with Gasteiger partial charge in [0, 0.05) is 25.5 Å². The molecule has 1 aromatic carbocycles. The highest BCUT2D eigenvalue weighted by molar-refractivity contribution is 5.93. The Balaban J connectivity index is 1.62. The molecule has 0 unspecified atom stereocenters. The van der Waals surface area contributed by atoms with E-state index in [2.05, 4.69) is 15.6 Å². The quantitative estimate of drug-likeness (QED) is 0.767. The zero-order valence-electron chi connectivity index (χ0n) is 13.2. The number of aromatic nitrogens is 1. The fourth-order valence-corrected chi connectivity index (χ4v) is 2.19. The number of pyridine rings is 1. The molecule has 0 aliphatic rings. The molecular formula is C18H21N3O2. The first-order valence-corrected chi connectivity index (χ1v) is 7.65. The third kappa shape index (κ3) is 5.90. The van der Waals surface area contributed by atoms with Crippen LogP contribution in [0.2, 0.25) is 0 Å². The smallest absolute Gasteiger partial charge is 0.252 e. The van der Waals surface area contributed by atoms with Crippen molar-refractivity contribution in [2.45, 2.75) is 19.8 Å². The van der Waals surface area contributed by atoms with E-state index >= 15 is 0 Å². The molecule has 0 saturated heterocycles. The van der Waals surface area contributed by atoms with E-state index in [-0.39, 0.29) is 11.8 Å². The van der Waals surface area contributed by atoms with Gasteiger partial charge in [0.2, 0.25) is 5.91 Å². The Bertz CT molecular complexity index is 656. The third-order valence-electron chi connectivity index (χ3n) is 3.33. The molecule has 0 fully saturated rings. The number of carbonyl (C=O) groups is 2. The summed E-state index contributed by atoms with van der Waals surface area (Å²) < 4.78 is 0. The van der Waals surface area contributed by atoms with Crippen LogP contribution in [0.4, 0.5) is 0 Å². The fraction of sp³-hybridized carbons (Fsp3) is 0.278. The highest BCUT2D eigenvalue weighted by atomic mass is 16.2. The van der Waals surface area contributed by atoms with Crippen LogP contribution in [0.1, 0.15) is 27.9 Å². The van der Waals surface area contributed by atoms with Crippen LogP contribution >= 0.6 is 0 Å². The summed E-state index contributed by atoms with van der Waals surface area (Å²) in [5.74, 6) is -0.154. The molecule has 0 atom stereocenters. The molecule has 1 aromatic heterocycles. The van der Waals surface area contributed by atoms with Gasteiger partial charge in [-0.3, -0.25) is 14.6 Å². The van der Waals surface area contributed by atoms with Gasteiger partial charge in [0.1, 0.15) is 0 Å². The maximum absolute atomic E-state index is 11.8. The summed E-state index contributed by atoms with van der Waals surface area (Å²) in [6, 6.07) is 11.3. The number of nitrogens with zero attached hydrogens (tertiary/aromatic N) is 1. The number of nitrogens with one attached hydrogen (secondary N) is 2. The van der Waals surface area contributed by atoms with Gasteiger partial charge in [0.05, 0.1) is 12.0 Å². The topological polar surface area (TPSA) is 71.1 Å². The van der Waals surface area contributed by atoms with Crippen LogP contribution in [0.5, 0.6) is 0 Å². The largest absolute Gasteiger partial charge is 0.356 e. The Morgan fingerprint density at radius 3 is 2.65 bits per heavy atom. The van der Waals surface area contributed by atoms with Crippen molar-refractivity contribution in [3.63, 3.8) is 0 Å². The second-order valence-electron chi connectivity index (χ2n) is 5.37. The van der Waals surface area contributed by atoms with Crippen molar-refractivity contribution in [2.75, 3.05) is 13.1 Å². The van der Waals surface area contributed by atoms with E-state index in [0.29, 0.717) is 31.5 Å². The van der Waals surface area contributed by atoms with Gasteiger partial charge in [-0.15, -0.1) is 0 Å². The summed E-state index contributed by atoms with van der Waals surface area (Å²) in [6.07, 6.45) is 4.22. The fourth-order valence-electron chi connectivity index (χ4n) is 2.19. The standard InChI is InChI=1S/C18H21N3O2/c1-14-5-2-6-15(11-14)12-17(22)20-9-4-10-21-18(23)16-7-3-8-19-13-16/h2-3,5-8,11,13H,4,9-10,12H2,1H3,(H,20,22)(H,21,23). The van der Waals surface area contributed by atoms with E-state index in [9.17, 15) is 9.59 Å². The monoisotopic (exact) mass is 311 g/mol. The summed E-state index contributed by atoms with van der Waals surface area (Å²) in [5, 5.41) is 5.66. The van der Waals surface area contributed by atoms with Crippen LogP contribution in [0.3, 0.4) is 0 Å². The van der Waals surface area contributed by atoms with Gasteiger partial charge in [-0.25, -0.2) is 0 Å². The minimum absolute atomic E-state index is 0.00538. The van der Waals surface area contributed by atoms with Crippen LogP contribution in [-0.2, 0) is 11.2 Å². The van der Waals surface area contributed by atoms with E-state index in [1.54, 1.807) is 18.3 Å². The maximum Gasteiger partial charge on any atom is 0.252 e. The highest BCUT2D eigenvalue weighted by Gasteiger charge is 2.05. The van der Waals surface area contributed by atoms with Gasteiger partial charge in [-0.2, -0.15) is 0 Å². The molecule has 5 heteroatoms. The van der Waals surface area contributed by atoms with Crippen LogP contribution in [0, 0.1) is 6.92 Å². The summed E-state index contributed by atoms with van der Waals surface area (Å²) in [6.45, 7) is 3.06. The first-order chi connectivity index (χ1) is 11.1. The average Bonchev–Trinajstić information content (AvgIpc) is 2.55. The third-order valence-corrected chi connectivity index (χ3v) is 3.33. The van der Waals surface area contributed by atoms with E-state index in [4.69, 9.17) is 0 Å². The summed E-state index contributed by atoms with van der Waals surface area (Å²) in [7, 11) is 0. The highest BCUT2D eigenvalue weighted by Crippen LogP contribution is 2.04. The SMILES string of the molecule is Cc1cccc(CC(=O)NCCCNC(=O)c2cccnc2)c1. The van der Waals surface area contributed by atoms with Crippen molar-refractivity contribution in [1.29, 1.82) is 0 Å². The van der Waals surface area contributed by atoms with Crippen molar-refractivity contribution in [1.82, 2.24) is 15.6 Å². The molecule has 2 N–H and O–H groups in total. The molecule has 0 spiro atoms. The molecule has 0 saturated carbocycles. The van der Waals surface area contributed by atoms with Crippen molar-refractivity contribution in [3.05, 3.63) is 65.5 Å². The molecule has 0 bridgehead atoms. The molecular weight excluding hydrogens is 290 g/mol. The molecule has 5 nitrogen and oxygen atoms in total. The lowest BCUT2D eigenvalue weighted by Gasteiger charge is -2.07. The average molecular weight is 311 g/mol. The number of rotatable bonds is 7. The molecule has 1 heterocycles. The number of aryl methyl sites for hydroxylation is 1. The molecule has 2 rings (SSSR count). The molecule has 0 aliphatic carbocycles. The van der Waals surface area contributed by atoms with Gasteiger partial charge in [0.15, 0.2) is 0 Å². The first kappa shape index (κ1) is 16.7. The minimum Gasteiger partial charge on any atom is -0.356 e. The van der Waals surface area contributed by atoms with Crippen molar-refractivity contribution < 1.29 is 9.59 Å². The normalized spacial score (nSPS) is 10.1. The summed E-state index contributed by atoms with van der Waals surface area (Å²) in [5.41, 5.74) is 2.69. The number of amides is 2. The van der Waals surface area contributed by atoms with Crippen molar-refractivity contribution >= 4 is 11.8 Å². The summed E-state index contributed by atoms with van der Waals surface area (Å²) >= 11 is 0. The Morgan fingerprint density at radius 1 is 1.09 bits per heavy atom. The van der Waals surface area contributed by atoms with E-state index < -0.39 is 0 Å². The zero-order chi connectivity index (χ0) is 16.5.